The van der Waals surface area contributed by atoms with Crippen molar-refractivity contribution in [3.8, 4) is 17.0 Å². The summed E-state index contributed by atoms with van der Waals surface area (Å²) in [5, 5.41) is 9.00. The van der Waals surface area contributed by atoms with Gasteiger partial charge in [-0.05, 0) is 48.0 Å². The first kappa shape index (κ1) is 23.1. The number of nitrogens with one attached hydrogen (secondary N) is 2. The van der Waals surface area contributed by atoms with E-state index < -0.39 is 18.8 Å². The van der Waals surface area contributed by atoms with Gasteiger partial charge in [0.2, 0.25) is 5.95 Å². The first-order chi connectivity index (χ1) is 17.3. The Balaban J connectivity index is 1.54. The highest BCUT2D eigenvalue weighted by atomic mass is 19.4. The molecule has 0 spiro atoms. The summed E-state index contributed by atoms with van der Waals surface area (Å²) < 4.78 is 43.4. The summed E-state index contributed by atoms with van der Waals surface area (Å²) in [6, 6.07) is 15.5. The molecule has 0 bridgehead atoms. The third-order valence-electron chi connectivity index (χ3n) is 5.57. The van der Waals surface area contributed by atoms with Crippen molar-refractivity contribution in [1.82, 2.24) is 20.2 Å². The first-order valence-electron chi connectivity index (χ1n) is 10.8. The van der Waals surface area contributed by atoms with Crippen LogP contribution in [0.3, 0.4) is 0 Å². The molecule has 0 radical (unpaired) electrons. The molecule has 1 aliphatic rings. The van der Waals surface area contributed by atoms with E-state index in [4.69, 9.17) is 4.74 Å². The van der Waals surface area contributed by atoms with E-state index in [1.807, 2.05) is 18.2 Å². The van der Waals surface area contributed by atoms with Gasteiger partial charge in [-0.15, -0.1) is 0 Å². The molecule has 2 aromatic carbocycles. The Hall–Kier alpha value is -4.61. The van der Waals surface area contributed by atoms with E-state index >= 15 is 0 Å². The molecule has 12 heteroatoms. The van der Waals surface area contributed by atoms with Crippen molar-refractivity contribution in [2.24, 2.45) is 0 Å². The number of hydrogen-bond donors (Lipinski definition) is 2. The van der Waals surface area contributed by atoms with E-state index in [1.165, 1.54) is 16.0 Å². The van der Waals surface area contributed by atoms with E-state index in [9.17, 15) is 18.0 Å². The van der Waals surface area contributed by atoms with Crippen LogP contribution in [0.1, 0.15) is 5.56 Å². The van der Waals surface area contributed by atoms with Gasteiger partial charge >= 0.3 is 12.2 Å². The van der Waals surface area contributed by atoms with Gasteiger partial charge in [0, 0.05) is 23.6 Å². The predicted molar refractivity (Wildman–Crippen MR) is 127 cm³/mol. The number of hydrogen-bond acceptors (Lipinski definition) is 6. The molecule has 2 N–H and O–H groups in total. The van der Waals surface area contributed by atoms with Crippen LogP contribution in [-0.2, 0) is 6.54 Å². The van der Waals surface area contributed by atoms with Crippen molar-refractivity contribution >= 4 is 29.2 Å². The number of alkyl halides is 3. The maximum Gasteiger partial charge on any atom is 0.405 e. The number of fused-ring (bicyclic) bond motifs is 1. The van der Waals surface area contributed by atoms with E-state index in [0.29, 0.717) is 22.7 Å². The van der Waals surface area contributed by atoms with Gasteiger partial charge in [-0.2, -0.15) is 23.3 Å². The second-order valence-electron chi connectivity index (χ2n) is 7.93. The van der Waals surface area contributed by atoms with Crippen LogP contribution in [0.4, 0.5) is 41.1 Å². The maximum absolute atomic E-state index is 13.7. The summed E-state index contributed by atoms with van der Waals surface area (Å²) in [7, 11) is 1.55. The van der Waals surface area contributed by atoms with E-state index in [2.05, 4.69) is 25.5 Å². The molecule has 0 fully saturated rings. The van der Waals surface area contributed by atoms with Crippen molar-refractivity contribution in [2.75, 3.05) is 28.8 Å². The van der Waals surface area contributed by atoms with Crippen LogP contribution >= 0.6 is 0 Å². The fourth-order valence-corrected chi connectivity index (χ4v) is 3.82. The Morgan fingerprint density at radius 3 is 2.42 bits per heavy atom. The Kier molecular flexibility index (Phi) is 5.92. The van der Waals surface area contributed by atoms with Crippen LogP contribution in [0.15, 0.2) is 67.0 Å². The lowest BCUT2D eigenvalue weighted by Gasteiger charge is -2.36. The lowest BCUT2D eigenvalue weighted by atomic mass is 10.1. The molecule has 0 saturated heterocycles. The van der Waals surface area contributed by atoms with Gasteiger partial charge in [-0.1, -0.05) is 12.1 Å². The van der Waals surface area contributed by atoms with Gasteiger partial charge in [0.15, 0.2) is 5.82 Å². The number of aromatic amines is 1. The van der Waals surface area contributed by atoms with Crippen LogP contribution in [-0.4, -0.2) is 46.0 Å². The SMILES string of the molecule is COc1ccc(N2Cc3cnc(NCC(F)(F)F)nc3N(c3ccc(-c4ccn[nH]4)cc3)C2=O)cc1. The number of urea groups is 1. The van der Waals surface area contributed by atoms with Crippen LogP contribution in [0, 0.1) is 0 Å². The number of benzene rings is 2. The zero-order valence-electron chi connectivity index (χ0n) is 19.0. The largest absolute Gasteiger partial charge is 0.497 e. The second kappa shape index (κ2) is 9.21. The van der Waals surface area contributed by atoms with Crippen molar-refractivity contribution in [2.45, 2.75) is 12.7 Å². The van der Waals surface area contributed by atoms with Crippen LogP contribution in [0.5, 0.6) is 5.75 Å². The molecule has 5 rings (SSSR count). The summed E-state index contributed by atoms with van der Waals surface area (Å²) in [6.45, 7) is -1.15. The minimum absolute atomic E-state index is 0.142. The van der Waals surface area contributed by atoms with Crippen molar-refractivity contribution < 1.29 is 22.7 Å². The number of anilines is 4. The average molecular weight is 495 g/mol. The third kappa shape index (κ3) is 4.65. The smallest absolute Gasteiger partial charge is 0.405 e. The lowest BCUT2D eigenvalue weighted by Crippen LogP contribution is -2.45. The number of methoxy groups -OCH3 is 1. The second-order valence-corrected chi connectivity index (χ2v) is 7.93. The molecule has 0 unspecified atom stereocenters. The normalized spacial score (nSPS) is 13.5. The number of aromatic nitrogens is 4. The van der Waals surface area contributed by atoms with Gasteiger partial charge in [0.1, 0.15) is 12.3 Å². The third-order valence-corrected chi connectivity index (χ3v) is 5.57. The quantitative estimate of drug-likeness (QED) is 0.385. The van der Waals surface area contributed by atoms with Gasteiger partial charge in [-0.3, -0.25) is 10.00 Å². The molecule has 36 heavy (non-hydrogen) atoms. The first-order valence-corrected chi connectivity index (χ1v) is 10.8. The zero-order valence-corrected chi connectivity index (χ0v) is 19.0. The molecule has 4 aromatic rings. The number of amides is 2. The van der Waals surface area contributed by atoms with E-state index in [1.54, 1.807) is 49.7 Å². The molecule has 184 valence electrons. The summed E-state index contributed by atoms with van der Waals surface area (Å²) in [6.07, 6.45) is -1.38. The Morgan fingerprint density at radius 1 is 1.06 bits per heavy atom. The number of H-pyrrole nitrogens is 1. The molecule has 3 heterocycles. The molecule has 2 amide bonds. The molecule has 2 aromatic heterocycles. The molecule has 1 aliphatic heterocycles. The maximum atomic E-state index is 13.7. The molecule has 9 nitrogen and oxygen atoms in total. The summed E-state index contributed by atoms with van der Waals surface area (Å²) >= 11 is 0. The minimum atomic E-state index is -4.44. The summed E-state index contributed by atoms with van der Waals surface area (Å²) in [5.74, 6) is 0.619. The molecule has 0 atom stereocenters. The van der Waals surface area contributed by atoms with Crippen LogP contribution in [0.25, 0.3) is 11.3 Å². The fraction of sp³-hybridized carbons (Fsp3) is 0.167. The van der Waals surface area contributed by atoms with E-state index in [-0.39, 0.29) is 18.3 Å². The Labute approximate surface area is 203 Å². The fourth-order valence-electron chi connectivity index (χ4n) is 3.82. The highest BCUT2D eigenvalue weighted by Gasteiger charge is 2.35. The number of ether oxygens (including phenoxy) is 1. The average Bonchev–Trinajstić information content (AvgIpc) is 3.42. The molecule has 0 saturated carbocycles. The monoisotopic (exact) mass is 495 g/mol. The highest BCUT2D eigenvalue weighted by molar-refractivity contribution is 6.10. The lowest BCUT2D eigenvalue weighted by molar-refractivity contribution is -0.115. The zero-order chi connectivity index (χ0) is 25.3. The van der Waals surface area contributed by atoms with Gasteiger partial charge < -0.3 is 10.1 Å². The van der Waals surface area contributed by atoms with Crippen molar-refractivity contribution in [3.63, 3.8) is 0 Å². The molecular weight excluding hydrogens is 475 g/mol. The number of nitrogens with zero attached hydrogens (tertiary/aromatic N) is 5. The number of carbonyl (C=O) groups is 1. The van der Waals surface area contributed by atoms with Crippen LogP contribution in [0.2, 0.25) is 0 Å². The van der Waals surface area contributed by atoms with Gasteiger partial charge in [0.25, 0.3) is 0 Å². The molecular formula is C24H20F3N7O2. The summed E-state index contributed by atoms with van der Waals surface area (Å²) in [4.78, 5) is 24.9. The van der Waals surface area contributed by atoms with Crippen LogP contribution < -0.4 is 19.9 Å². The van der Waals surface area contributed by atoms with Crippen molar-refractivity contribution in [1.29, 1.82) is 0 Å². The predicted octanol–water partition coefficient (Wildman–Crippen LogP) is 5.13. The summed E-state index contributed by atoms with van der Waals surface area (Å²) in [5.41, 5.74) is 3.32. The Bertz CT molecular complexity index is 1360. The van der Waals surface area contributed by atoms with E-state index in [0.717, 1.165) is 11.3 Å². The molecule has 0 aliphatic carbocycles. The Morgan fingerprint density at radius 2 is 1.78 bits per heavy atom. The highest BCUT2D eigenvalue weighted by Crippen LogP contribution is 2.37. The minimum Gasteiger partial charge on any atom is -0.497 e. The topological polar surface area (TPSA) is 99.3 Å². The van der Waals surface area contributed by atoms with Crippen molar-refractivity contribution in [3.05, 3.63) is 72.6 Å². The number of rotatable bonds is 6. The standard InChI is InChI=1S/C24H20F3N7O2/c1-36-19-8-6-17(7-9-19)33-13-16-12-28-22(29-14-24(25,26)27)31-21(16)34(23(33)35)18-4-2-15(3-5-18)20-10-11-30-32-20/h2-12H,13-14H2,1H3,(H,30,32)(H,28,29,31). The van der Waals surface area contributed by atoms with Gasteiger partial charge in [0.05, 0.1) is 25.0 Å². The number of halogens is 3. The number of carbonyl (C=O) groups excluding carboxylic acids is 1. The van der Waals surface area contributed by atoms with Gasteiger partial charge in [-0.25, -0.2) is 14.7 Å².